The lowest BCUT2D eigenvalue weighted by atomic mass is 9.75. The van der Waals surface area contributed by atoms with Crippen LogP contribution in [0.15, 0.2) is 120 Å². The molecular formula is C64H92N5O2+. The van der Waals surface area contributed by atoms with Gasteiger partial charge in [-0.3, -0.25) is 9.78 Å². The Morgan fingerprint density at radius 2 is 1.59 bits per heavy atom. The summed E-state index contributed by atoms with van der Waals surface area (Å²) in [5.74, 6) is 2.04. The lowest BCUT2D eigenvalue weighted by Crippen LogP contribution is -2.39. The summed E-state index contributed by atoms with van der Waals surface area (Å²) in [6, 6.07) is 22.5. The maximum Gasteiger partial charge on any atom is 0.227 e. The van der Waals surface area contributed by atoms with E-state index in [1.807, 2.05) is 12.4 Å². The summed E-state index contributed by atoms with van der Waals surface area (Å²) in [6.45, 7) is 26.9. The predicted octanol–water partition coefficient (Wildman–Crippen LogP) is 14.9. The van der Waals surface area contributed by atoms with E-state index in [2.05, 4.69) is 172 Å². The molecule has 384 valence electrons. The minimum absolute atomic E-state index is 0.0363. The molecule has 1 fully saturated rings. The van der Waals surface area contributed by atoms with E-state index in [0.29, 0.717) is 5.92 Å². The predicted molar refractivity (Wildman–Crippen MR) is 299 cm³/mol. The van der Waals surface area contributed by atoms with Crippen LogP contribution in [0.3, 0.4) is 0 Å². The van der Waals surface area contributed by atoms with Gasteiger partial charge in [-0.05, 0) is 187 Å². The summed E-state index contributed by atoms with van der Waals surface area (Å²) >= 11 is 0. The topological polar surface area (TPSA) is 60.7 Å². The number of piperidine rings is 1. The number of aromatic nitrogens is 1. The standard InChI is InChI=1S/C64H91N5O2/c1-11-42-68-57-24-17-15-22-55(57)62(5,6)59(68)32-30-52-28-29-53(31-33-60-63(7,8)56-23-16-18-25-58(56)69(60)43-12-2)54(52)21-19-20-44-67-45-37-51(38-46-67)48(13-3)26-27-49(50-35-40-65-41-36-50)34-39-64(9,14-4)61(70)66-47-71-10/h15-18,22-25,30-33,35-36,40-41,48-49,51H,11-14,19-21,26-29,34,37-39,42-47H2,1-10H3/p+1. The molecule has 3 aliphatic heterocycles. The highest BCUT2D eigenvalue weighted by molar-refractivity contribution is 6.03. The second-order valence-corrected chi connectivity index (χ2v) is 22.8. The summed E-state index contributed by atoms with van der Waals surface area (Å²) < 4.78 is 7.76. The zero-order chi connectivity index (χ0) is 50.6. The van der Waals surface area contributed by atoms with Crippen molar-refractivity contribution >= 4 is 23.0 Å². The molecule has 0 saturated carbocycles. The van der Waals surface area contributed by atoms with Crippen molar-refractivity contribution in [3.05, 3.63) is 136 Å². The first-order valence-electron chi connectivity index (χ1n) is 28.1. The van der Waals surface area contributed by atoms with Crippen LogP contribution in [0.2, 0.25) is 0 Å². The maximum atomic E-state index is 13.2. The molecule has 3 unspecified atom stereocenters. The first-order chi connectivity index (χ1) is 34.3. The van der Waals surface area contributed by atoms with Gasteiger partial charge in [-0.15, -0.1) is 0 Å². The zero-order valence-electron chi connectivity index (χ0n) is 45.9. The van der Waals surface area contributed by atoms with E-state index >= 15 is 0 Å². The number of anilines is 1. The number of nitrogens with one attached hydrogen (secondary N) is 1. The normalized spacial score (nSPS) is 20.8. The van der Waals surface area contributed by atoms with Gasteiger partial charge in [0.1, 0.15) is 13.3 Å². The highest BCUT2D eigenvalue weighted by atomic mass is 16.5. The molecule has 2 aromatic carbocycles. The molecule has 4 heterocycles. The number of hydrogen-bond donors (Lipinski definition) is 1. The fourth-order valence-electron chi connectivity index (χ4n) is 12.9. The third-order valence-electron chi connectivity index (χ3n) is 17.6. The largest absolute Gasteiger partial charge is 0.364 e. The van der Waals surface area contributed by atoms with Crippen LogP contribution in [0.1, 0.15) is 181 Å². The highest BCUT2D eigenvalue weighted by Crippen LogP contribution is 2.48. The Morgan fingerprint density at radius 3 is 2.30 bits per heavy atom. The van der Waals surface area contributed by atoms with Crippen molar-refractivity contribution in [3.8, 4) is 0 Å². The van der Waals surface area contributed by atoms with Crippen LogP contribution in [0, 0.1) is 17.3 Å². The molecule has 1 amide bonds. The van der Waals surface area contributed by atoms with Crippen LogP contribution >= 0.6 is 0 Å². The van der Waals surface area contributed by atoms with Crippen molar-refractivity contribution in [3.63, 3.8) is 0 Å². The number of allylic oxidation sites excluding steroid dienone is 8. The molecule has 3 atom stereocenters. The fourth-order valence-corrected chi connectivity index (χ4v) is 12.9. The summed E-state index contributed by atoms with van der Waals surface area (Å²) in [4.78, 5) is 22.9. The number of carbonyl (C=O) groups excluding carboxylic acids is 1. The van der Waals surface area contributed by atoms with E-state index < -0.39 is 5.41 Å². The van der Waals surface area contributed by atoms with E-state index in [-0.39, 0.29) is 23.5 Å². The molecule has 0 radical (unpaired) electrons. The Morgan fingerprint density at radius 1 is 0.859 bits per heavy atom. The van der Waals surface area contributed by atoms with E-state index in [9.17, 15) is 4.79 Å². The number of likely N-dealkylation sites (tertiary alicyclic amines) is 1. The number of carbonyl (C=O) groups is 1. The first-order valence-corrected chi connectivity index (χ1v) is 28.1. The molecule has 1 saturated heterocycles. The first kappa shape index (κ1) is 54.2. The lowest BCUT2D eigenvalue weighted by molar-refractivity contribution is -0.437. The van der Waals surface area contributed by atoms with Crippen molar-refractivity contribution in [2.24, 2.45) is 17.3 Å². The number of amides is 1. The number of rotatable bonds is 25. The Kier molecular flexibility index (Phi) is 19.0. The van der Waals surface area contributed by atoms with Crippen LogP contribution in [-0.4, -0.2) is 72.6 Å². The third-order valence-corrected chi connectivity index (χ3v) is 17.6. The molecule has 1 aliphatic carbocycles. The third kappa shape index (κ3) is 12.4. The van der Waals surface area contributed by atoms with Crippen molar-refractivity contribution in [1.29, 1.82) is 0 Å². The van der Waals surface area contributed by atoms with E-state index in [1.165, 1.54) is 109 Å². The quantitative estimate of drug-likeness (QED) is 0.0521. The fraction of sp³-hybridized carbons (Fsp3) is 0.578. The number of para-hydroxylation sites is 2. The van der Waals surface area contributed by atoms with Gasteiger partial charge in [0, 0.05) is 72.4 Å². The average Bonchev–Trinajstić information content (AvgIpc) is 3.95. The molecule has 1 N–H and O–H groups in total. The van der Waals surface area contributed by atoms with E-state index in [4.69, 9.17) is 4.74 Å². The molecule has 0 bridgehead atoms. The van der Waals surface area contributed by atoms with Crippen LogP contribution in [-0.2, 0) is 20.4 Å². The molecule has 7 heteroatoms. The summed E-state index contributed by atoms with van der Waals surface area (Å²) in [6.07, 6.45) is 30.9. The van der Waals surface area contributed by atoms with Gasteiger partial charge in [0.25, 0.3) is 0 Å². The van der Waals surface area contributed by atoms with Crippen LogP contribution in [0.5, 0.6) is 0 Å². The smallest absolute Gasteiger partial charge is 0.227 e. The number of hydrogen-bond acceptors (Lipinski definition) is 5. The Labute approximate surface area is 431 Å². The number of methoxy groups -OCH3 is 1. The number of nitrogens with zero attached hydrogens (tertiary/aromatic N) is 4. The molecule has 7 nitrogen and oxygen atoms in total. The molecule has 7 rings (SSSR count). The molecule has 4 aliphatic rings. The Hall–Kier alpha value is -4.59. The highest BCUT2D eigenvalue weighted by Gasteiger charge is 2.44. The monoisotopic (exact) mass is 963 g/mol. The van der Waals surface area contributed by atoms with Gasteiger partial charge in [-0.1, -0.05) is 103 Å². The molecule has 1 aromatic heterocycles. The summed E-state index contributed by atoms with van der Waals surface area (Å²) in [5.41, 5.74) is 14.0. The SMILES string of the molecule is CCCN1/C(=C/C=C2\CCC(/C=C/C3=[N+](CCC)c4ccccc4C3(C)C)=C2CCCCN2CCC(C(CC)CCC(CCC(C)(CC)C(=O)NCOC)c3ccncc3)CC2)C(C)(C)c2ccccc21. The van der Waals surface area contributed by atoms with Crippen LogP contribution < -0.4 is 10.2 Å². The number of ether oxygens (including phenoxy) is 1. The van der Waals surface area contributed by atoms with Crippen molar-refractivity contribution < 1.29 is 14.1 Å². The Bertz CT molecular complexity index is 2400. The van der Waals surface area contributed by atoms with Gasteiger partial charge in [0.05, 0.1) is 5.41 Å². The summed E-state index contributed by atoms with van der Waals surface area (Å²) in [5, 5.41) is 2.98. The second-order valence-electron chi connectivity index (χ2n) is 22.8. The van der Waals surface area contributed by atoms with Gasteiger partial charge < -0.3 is 19.9 Å². The van der Waals surface area contributed by atoms with Gasteiger partial charge in [-0.2, -0.15) is 4.58 Å². The lowest BCUT2D eigenvalue weighted by Gasteiger charge is -2.36. The van der Waals surface area contributed by atoms with Gasteiger partial charge in [-0.25, -0.2) is 0 Å². The van der Waals surface area contributed by atoms with Crippen molar-refractivity contribution in [2.75, 3.05) is 51.5 Å². The van der Waals surface area contributed by atoms with Crippen LogP contribution in [0.4, 0.5) is 11.4 Å². The molecule has 0 spiro atoms. The zero-order valence-corrected chi connectivity index (χ0v) is 45.9. The number of fused-ring (bicyclic) bond motifs is 2. The second kappa shape index (κ2) is 24.9. The van der Waals surface area contributed by atoms with Crippen molar-refractivity contribution in [2.45, 2.75) is 175 Å². The van der Waals surface area contributed by atoms with Gasteiger partial charge in [0.2, 0.25) is 11.6 Å². The maximum absolute atomic E-state index is 13.2. The minimum Gasteiger partial charge on any atom is -0.364 e. The van der Waals surface area contributed by atoms with Gasteiger partial charge >= 0.3 is 0 Å². The number of unbranched alkanes of at least 4 members (excludes halogenated alkanes) is 1. The number of benzene rings is 2. The molecule has 71 heavy (non-hydrogen) atoms. The van der Waals surface area contributed by atoms with E-state index in [0.717, 1.165) is 82.7 Å². The summed E-state index contributed by atoms with van der Waals surface area (Å²) in [7, 11) is 1.63. The van der Waals surface area contributed by atoms with Gasteiger partial charge in [0.15, 0.2) is 5.71 Å². The minimum atomic E-state index is -0.405. The average molecular weight is 963 g/mol. The van der Waals surface area contributed by atoms with Crippen LogP contribution in [0.25, 0.3) is 0 Å². The molecule has 3 aromatic rings. The van der Waals surface area contributed by atoms with Crippen molar-refractivity contribution in [1.82, 2.24) is 15.2 Å². The molecular weight excluding hydrogens is 871 g/mol. The Balaban J connectivity index is 1.01. The van der Waals surface area contributed by atoms with E-state index in [1.54, 1.807) is 12.7 Å². The number of pyridine rings is 1.